The first-order valence-electron chi connectivity index (χ1n) is 8.13. The number of hydrogen-bond donors (Lipinski definition) is 0. The lowest BCUT2D eigenvalue weighted by atomic mass is 9.68. The highest BCUT2D eigenvalue weighted by atomic mass is 35.5. The predicted molar refractivity (Wildman–Crippen MR) is 89.4 cm³/mol. The van der Waals surface area contributed by atoms with E-state index in [0.717, 1.165) is 18.0 Å². The van der Waals surface area contributed by atoms with Gasteiger partial charge in [-0.1, -0.05) is 30.9 Å². The highest BCUT2D eigenvalue weighted by Crippen LogP contribution is 2.44. The fourth-order valence-corrected chi connectivity index (χ4v) is 5.07. The second kappa shape index (κ2) is 6.39. The molecule has 0 N–H and O–H groups in total. The maximum absolute atomic E-state index is 12.5. The van der Waals surface area contributed by atoms with Gasteiger partial charge in [-0.15, -0.1) is 11.3 Å². The van der Waals surface area contributed by atoms with Crippen LogP contribution in [0.1, 0.15) is 61.5 Å². The molecule has 2 fully saturated rings. The summed E-state index contributed by atoms with van der Waals surface area (Å²) in [4.78, 5) is 15.7. The number of likely N-dealkylation sites (tertiary alicyclic amines) is 1. The van der Waals surface area contributed by atoms with Crippen LogP contribution >= 0.6 is 22.9 Å². The Kier molecular flexibility index (Phi) is 4.72. The van der Waals surface area contributed by atoms with Crippen LogP contribution in [-0.2, 0) is 0 Å². The number of carbonyl (C=O) groups excluding carboxylic acids is 1. The summed E-state index contributed by atoms with van der Waals surface area (Å²) in [6.45, 7) is 4.20. The average Bonchev–Trinajstić information content (AvgIpc) is 2.94. The molecule has 1 atom stereocenters. The van der Waals surface area contributed by atoms with E-state index in [9.17, 15) is 4.79 Å². The fourth-order valence-electron chi connectivity index (χ4n) is 4.01. The predicted octanol–water partition coefficient (Wildman–Crippen LogP) is 5.02. The van der Waals surface area contributed by atoms with Crippen molar-refractivity contribution in [2.24, 2.45) is 5.41 Å². The summed E-state index contributed by atoms with van der Waals surface area (Å²) >= 11 is 7.34. The Labute approximate surface area is 136 Å². The van der Waals surface area contributed by atoms with E-state index < -0.39 is 0 Å². The van der Waals surface area contributed by atoms with Gasteiger partial charge in [0.15, 0.2) is 5.78 Å². The van der Waals surface area contributed by atoms with Crippen LogP contribution in [0.4, 0.5) is 0 Å². The number of ketones is 1. The van der Waals surface area contributed by atoms with Crippen LogP contribution in [-0.4, -0.2) is 29.8 Å². The molecule has 0 amide bonds. The molecule has 2 nitrogen and oxygen atoms in total. The number of piperidine rings is 1. The van der Waals surface area contributed by atoms with Crippen LogP contribution in [0.25, 0.3) is 0 Å². The van der Waals surface area contributed by atoms with Crippen molar-refractivity contribution in [3.8, 4) is 0 Å². The Balaban J connectivity index is 1.59. The molecule has 0 aromatic carbocycles. The number of Topliss-reactive ketones (excluding diaryl/α,β-unsaturated/α-hetero) is 1. The Morgan fingerprint density at radius 1 is 1.19 bits per heavy atom. The SMILES string of the molecule is CC(C(=O)c1ccc(Cl)s1)N1CCC2(CCCCC2)CC1. The van der Waals surface area contributed by atoms with Crippen molar-refractivity contribution in [3.05, 3.63) is 21.3 Å². The normalized spacial score (nSPS) is 24.1. The maximum atomic E-state index is 12.5. The van der Waals surface area contributed by atoms with Crippen LogP contribution in [0.5, 0.6) is 0 Å². The van der Waals surface area contributed by atoms with Gasteiger partial charge in [0.2, 0.25) is 0 Å². The average molecular weight is 326 g/mol. The minimum atomic E-state index is -0.0133. The van der Waals surface area contributed by atoms with Crippen LogP contribution in [0.2, 0.25) is 4.34 Å². The molecule has 0 bridgehead atoms. The summed E-state index contributed by atoms with van der Waals surface area (Å²) < 4.78 is 0.699. The zero-order chi connectivity index (χ0) is 14.9. The quantitative estimate of drug-likeness (QED) is 0.727. The van der Waals surface area contributed by atoms with Crippen molar-refractivity contribution in [2.45, 2.75) is 57.9 Å². The van der Waals surface area contributed by atoms with E-state index in [-0.39, 0.29) is 11.8 Å². The zero-order valence-electron chi connectivity index (χ0n) is 12.7. The maximum Gasteiger partial charge on any atom is 0.189 e. The third-order valence-electron chi connectivity index (χ3n) is 5.52. The van der Waals surface area contributed by atoms with Crippen LogP contribution in [0.3, 0.4) is 0 Å². The highest BCUT2D eigenvalue weighted by molar-refractivity contribution is 7.18. The lowest BCUT2D eigenvalue weighted by Crippen LogP contribution is -2.47. The topological polar surface area (TPSA) is 20.3 Å². The van der Waals surface area contributed by atoms with E-state index in [4.69, 9.17) is 11.6 Å². The van der Waals surface area contributed by atoms with Crippen molar-refractivity contribution < 1.29 is 4.79 Å². The Bertz CT molecular complexity index is 497. The van der Waals surface area contributed by atoms with E-state index in [0.29, 0.717) is 9.75 Å². The van der Waals surface area contributed by atoms with E-state index in [1.54, 1.807) is 0 Å². The third-order valence-corrected chi connectivity index (χ3v) is 6.76. The van der Waals surface area contributed by atoms with Crippen molar-refractivity contribution in [1.82, 2.24) is 4.90 Å². The summed E-state index contributed by atoms with van der Waals surface area (Å²) in [6, 6.07) is 3.67. The molecule has 1 saturated heterocycles. The van der Waals surface area contributed by atoms with Gasteiger partial charge in [-0.3, -0.25) is 9.69 Å². The van der Waals surface area contributed by atoms with Crippen LogP contribution < -0.4 is 0 Å². The monoisotopic (exact) mass is 325 g/mol. The van der Waals surface area contributed by atoms with Crippen LogP contribution in [0, 0.1) is 5.41 Å². The standard InChI is InChI=1S/C17H24ClNOS/c1-13(16(20)14-5-6-15(18)21-14)19-11-9-17(10-12-19)7-3-2-4-8-17/h5-6,13H,2-4,7-12H2,1H3. The lowest BCUT2D eigenvalue weighted by Gasteiger charge is -2.45. The first-order chi connectivity index (χ1) is 10.1. The van der Waals surface area contributed by atoms with Crippen molar-refractivity contribution in [3.63, 3.8) is 0 Å². The molecule has 116 valence electrons. The van der Waals surface area contributed by atoms with E-state index >= 15 is 0 Å². The molecule has 0 radical (unpaired) electrons. The largest absolute Gasteiger partial charge is 0.293 e. The molecule has 1 spiro atoms. The summed E-state index contributed by atoms with van der Waals surface area (Å²) in [6.07, 6.45) is 9.59. The molecular weight excluding hydrogens is 302 g/mol. The molecule has 1 aliphatic heterocycles. The molecule has 21 heavy (non-hydrogen) atoms. The summed E-state index contributed by atoms with van der Waals surface area (Å²) in [5.41, 5.74) is 0.601. The number of rotatable bonds is 3. The first kappa shape index (κ1) is 15.5. The van der Waals surface area contributed by atoms with Gasteiger partial charge in [0, 0.05) is 0 Å². The van der Waals surface area contributed by atoms with Gasteiger partial charge >= 0.3 is 0 Å². The van der Waals surface area contributed by atoms with Crippen molar-refractivity contribution in [1.29, 1.82) is 0 Å². The number of hydrogen-bond acceptors (Lipinski definition) is 3. The molecule has 2 aliphatic rings. The number of thiophene rings is 1. The minimum absolute atomic E-state index is 0.0133. The Morgan fingerprint density at radius 2 is 1.86 bits per heavy atom. The molecule has 2 heterocycles. The van der Waals surface area contributed by atoms with Crippen molar-refractivity contribution >= 4 is 28.7 Å². The smallest absolute Gasteiger partial charge is 0.189 e. The molecule has 3 rings (SSSR count). The zero-order valence-corrected chi connectivity index (χ0v) is 14.3. The first-order valence-corrected chi connectivity index (χ1v) is 9.33. The van der Waals surface area contributed by atoms with Gasteiger partial charge in [-0.05, 0) is 63.2 Å². The third kappa shape index (κ3) is 3.35. The van der Waals surface area contributed by atoms with Gasteiger partial charge in [0.05, 0.1) is 15.3 Å². The van der Waals surface area contributed by atoms with Gasteiger partial charge < -0.3 is 0 Å². The van der Waals surface area contributed by atoms with E-state index in [1.165, 1.54) is 56.3 Å². The van der Waals surface area contributed by atoms with Gasteiger partial charge in [-0.25, -0.2) is 0 Å². The fraction of sp³-hybridized carbons (Fsp3) is 0.706. The van der Waals surface area contributed by atoms with E-state index in [2.05, 4.69) is 11.8 Å². The Morgan fingerprint density at radius 3 is 2.43 bits per heavy atom. The molecule has 1 aromatic heterocycles. The van der Waals surface area contributed by atoms with Gasteiger partial charge in [0.1, 0.15) is 0 Å². The Hall–Kier alpha value is -0.380. The summed E-state index contributed by atoms with van der Waals surface area (Å²) in [5.74, 6) is 0.228. The van der Waals surface area contributed by atoms with E-state index in [1.807, 2.05) is 12.1 Å². The van der Waals surface area contributed by atoms with Crippen LogP contribution in [0.15, 0.2) is 12.1 Å². The number of nitrogens with zero attached hydrogens (tertiary/aromatic N) is 1. The second-order valence-electron chi connectivity index (χ2n) is 6.74. The van der Waals surface area contributed by atoms with Gasteiger partial charge in [-0.2, -0.15) is 0 Å². The molecule has 1 unspecified atom stereocenters. The highest BCUT2D eigenvalue weighted by Gasteiger charge is 2.37. The summed E-state index contributed by atoms with van der Waals surface area (Å²) in [5, 5.41) is 0. The molecule has 1 aliphatic carbocycles. The number of halogens is 1. The molecule has 1 saturated carbocycles. The van der Waals surface area contributed by atoms with Crippen molar-refractivity contribution in [2.75, 3.05) is 13.1 Å². The minimum Gasteiger partial charge on any atom is -0.293 e. The summed E-state index contributed by atoms with van der Waals surface area (Å²) in [7, 11) is 0. The molecule has 4 heteroatoms. The number of carbonyl (C=O) groups is 1. The molecule has 1 aromatic rings. The van der Waals surface area contributed by atoms with Gasteiger partial charge in [0.25, 0.3) is 0 Å². The lowest BCUT2D eigenvalue weighted by molar-refractivity contribution is 0.0441. The molecular formula is C17H24ClNOS. The second-order valence-corrected chi connectivity index (χ2v) is 8.46.